The van der Waals surface area contributed by atoms with Crippen molar-refractivity contribution in [3.05, 3.63) is 11.6 Å². The molecule has 4 nitrogen and oxygen atoms in total. The van der Waals surface area contributed by atoms with E-state index in [-0.39, 0.29) is 5.91 Å². The molecule has 1 unspecified atom stereocenters. The van der Waals surface area contributed by atoms with Crippen LogP contribution in [0.25, 0.3) is 0 Å². The second-order valence-corrected chi connectivity index (χ2v) is 3.62. The van der Waals surface area contributed by atoms with E-state index in [0.717, 1.165) is 13.0 Å². The zero-order valence-corrected chi connectivity index (χ0v) is 8.82. The lowest BCUT2D eigenvalue weighted by Crippen LogP contribution is -2.44. The average molecular weight is 198 g/mol. The van der Waals surface area contributed by atoms with Crippen molar-refractivity contribution in [1.29, 1.82) is 0 Å². The van der Waals surface area contributed by atoms with E-state index in [0.29, 0.717) is 13.2 Å². The first-order chi connectivity index (χ1) is 6.65. The third-order valence-corrected chi connectivity index (χ3v) is 2.33. The molecule has 0 aromatic rings. The van der Waals surface area contributed by atoms with Crippen molar-refractivity contribution in [3.63, 3.8) is 0 Å². The van der Waals surface area contributed by atoms with E-state index in [9.17, 15) is 4.79 Å². The van der Waals surface area contributed by atoms with E-state index in [1.54, 1.807) is 18.9 Å². The Labute approximate surface area is 84.7 Å². The van der Waals surface area contributed by atoms with Gasteiger partial charge in [-0.2, -0.15) is 0 Å². The van der Waals surface area contributed by atoms with Crippen molar-refractivity contribution >= 4 is 5.91 Å². The normalized spacial score (nSPS) is 19.1. The summed E-state index contributed by atoms with van der Waals surface area (Å²) >= 11 is 0. The van der Waals surface area contributed by atoms with Crippen molar-refractivity contribution in [1.82, 2.24) is 4.90 Å². The van der Waals surface area contributed by atoms with Crippen molar-refractivity contribution < 1.29 is 9.53 Å². The summed E-state index contributed by atoms with van der Waals surface area (Å²) < 4.78 is 5.03. The van der Waals surface area contributed by atoms with Crippen LogP contribution < -0.4 is 5.73 Å². The van der Waals surface area contributed by atoms with E-state index in [2.05, 4.69) is 0 Å². The predicted molar refractivity (Wildman–Crippen MR) is 54.8 cm³/mol. The van der Waals surface area contributed by atoms with E-state index < -0.39 is 6.04 Å². The van der Waals surface area contributed by atoms with Gasteiger partial charge in [0.2, 0.25) is 5.91 Å². The highest BCUT2D eigenvalue weighted by atomic mass is 16.5. The summed E-state index contributed by atoms with van der Waals surface area (Å²) in [6.45, 7) is 3.81. The van der Waals surface area contributed by atoms with Crippen molar-refractivity contribution in [3.8, 4) is 0 Å². The molecule has 1 aliphatic rings. The van der Waals surface area contributed by atoms with Gasteiger partial charge < -0.3 is 15.4 Å². The molecule has 14 heavy (non-hydrogen) atoms. The van der Waals surface area contributed by atoms with Gasteiger partial charge in [-0.15, -0.1) is 0 Å². The van der Waals surface area contributed by atoms with Gasteiger partial charge in [-0.05, 0) is 18.9 Å². The second kappa shape index (κ2) is 5.12. The fourth-order valence-electron chi connectivity index (χ4n) is 1.52. The number of methoxy groups -OCH3 is 1. The highest BCUT2D eigenvalue weighted by molar-refractivity contribution is 5.81. The minimum atomic E-state index is -0.396. The Morgan fingerprint density at radius 2 is 2.50 bits per heavy atom. The summed E-state index contributed by atoms with van der Waals surface area (Å²) in [4.78, 5) is 13.3. The van der Waals surface area contributed by atoms with Gasteiger partial charge in [0.15, 0.2) is 0 Å². The molecular weight excluding hydrogens is 180 g/mol. The number of rotatable bonds is 3. The van der Waals surface area contributed by atoms with Gasteiger partial charge >= 0.3 is 0 Å². The molecule has 0 bridgehead atoms. The van der Waals surface area contributed by atoms with Crippen LogP contribution in [0, 0.1) is 0 Å². The van der Waals surface area contributed by atoms with E-state index in [1.807, 2.05) is 6.08 Å². The van der Waals surface area contributed by atoms with Crippen LogP contribution in [0.3, 0.4) is 0 Å². The maximum Gasteiger partial charge on any atom is 0.239 e. The first-order valence-electron chi connectivity index (χ1n) is 4.86. The monoisotopic (exact) mass is 198 g/mol. The largest absolute Gasteiger partial charge is 0.380 e. The maximum absolute atomic E-state index is 11.5. The van der Waals surface area contributed by atoms with Gasteiger partial charge in [0, 0.05) is 20.2 Å². The molecule has 0 saturated carbocycles. The highest BCUT2D eigenvalue weighted by Crippen LogP contribution is 2.11. The third-order valence-electron chi connectivity index (χ3n) is 2.33. The number of hydrogen-bond acceptors (Lipinski definition) is 3. The van der Waals surface area contributed by atoms with Gasteiger partial charge in [0.25, 0.3) is 0 Å². The Bertz CT molecular complexity index is 236. The molecule has 1 rings (SSSR count). The second-order valence-electron chi connectivity index (χ2n) is 3.62. The fraction of sp³-hybridized carbons (Fsp3) is 0.700. The Morgan fingerprint density at radius 1 is 1.79 bits per heavy atom. The van der Waals surface area contributed by atoms with Crippen LogP contribution in [-0.4, -0.2) is 43.7 Å². The average Bonchev–Trinajstić information content (AvgIpc) is 2.18. The molecule has 1 heterocycles. The molecule has 0 aromatic heterocycles. The summed E-state index contributed by atoms with van der Waals surface area (Å²) in [7, 11) is 1.68. The van der Waals surface area contributed by atoms with Gasteiger partial charge in [-0.3, -0.25) is 4.79 Å². The first kappa shape index (κ1) is 11.2. The van der Waals surface area contributed by atoms with Crippen LogP contribution in [0.15, 0.2) is 11.6 Å². The summed E-state index contributed by atoms with van der Waals surface area (Å²) in [5, 5.41) is 0. The molecule has 0 spiro atoms. The fourth-order valence-corrected chi connectivity index (χ4v) is 1.52. The molecule has 0 aromatic carbocycles. The molecule has 0 fully saturated rings. The standard InChI is InChI=1S/C10H18N2O2/c1-8(11)10(13)12-5-3-9(4-6-12)7-14-2/h3,8H,4-7,11H2,1-2H3. The van der Waals surface area contributed by atoms with Gasteiger partial charge in [-0.1, -0.05) is 6.08 Å². The molecule has 80 valence electrons. The summed E-state index contributed by atoms with van der Waals surface area (Å²) in [5.74, 6) is 0.0257. The Balaban J connectivity index is 2.46. The summed E-state index contributed by atoms with van der Waals surface area (Å²) in [6, 6.07) is -0.396. The SMILES string of the molecule is COCC1=CCN(C(=O)C(C)N)CC1. The van der Waals surface area contributed by atoms with Crippen LogP contribution >= 0.6 is 0 Å². The van der Waals surface area contributed by atoms with Gasteiger partial charge in [0.1, 0.15) is 0 Å². The van der Waals surface area contributed by atoms with Crippen LogP contribution in [0.2, 0.25) is 0 Å². The predicted octanol–water partition coefficient (Wildman–Crippen LogP) is 0.139. The lowest BCUT2D eigenvalue weighted by Gasteiger charge is -2.27. The van der Waals surface area contributed by atoms with Gasteiger partial charge in [-0.25, -0.2) is 0 Å². The molecule has 4 heteroatoms. The lowest BCUT2D eigenvalue weighted by atomic mass is 10.1. The smallest absolute Gasteiger partial charge is 0.239 e. The number of amides is 1. The molecule has 0 saturated heterocycles. The Morgan fingerprint density at radius 3 is 2.93 bits per heavy atom. The Kier molecular flexibility index (Phi) is 4.10. The minimum absolute atomic E-state index is 0.0257. The number of hydrogen-bond donors (Lipinski definition) is 1. The molecule has 1 atom stereocenters. The van der Waals surface area contributed by atoms with Gasteiger partial charge in [0.05, 0.1) is 12.6 Å². The van der Waals surface area contributed by atoms with Crippen molar-refractivity contribution in [2.24, 2.45) is 5.73 Å². The molecule has 0 aliphatic carbocycles. The van der Waals surface area contributed by atoms with Crippen LogP contribution in [0.4, 0.5) is 0 Å². The molecule has 2 N–H and O–H groups in total. The first-order valence-corrected chi connectivity index (χ1v) is 4.86. The highest BCUT2D eigenvalue weighted by Gasteiger charge is 2.19. The lowest BCUT2D eigenvalue weighted by molar-refractivity contribution is -0.131. The summed E-state index contributed by atoms with van der Waals surface area (Å²) in [6.07, 6.45) is 2.94. The van der Waals surface area contributed by atoms with Crippen LogP contribution in [-0.2, 0) is 9.53 Å². The number of nitrogens with two attached hydrogens (primary N) is 1. The minimum Gasteiger partial charge on any atom is -0.380 e. The molecule has 0 radical (unpaired) electrons. The van der Waals surface area contributed by atoms with Crippen LogP contribution in [0.1, 0.15) is 13.3 Å². The van der Waals surface area contributed by atoms with E-state index in [4.69, 9.17) is 10.5 Å². The molecule has 1 aliphatic heterocycles. The zero-order chi connectivity index (χ0) is 10.6. The quantitative estimate of drug-likeness (QED) is 0.656. The van der Waals surface area contributed by atoms with Crippen LogP contribution in [0.5, 0.6) is 0 Å². The number of carbonyl (C=O) groups is 1. The maximum atomic E-state index is 11.5. The van der Waals surface area contributed by atoms with Crippen molar-refractivity contribution in [2.75, 3.05) is 26.8 Å². The van der Waals surface area contributed by atoms with E-state index >= 15 is 0 Å². The number of carbonyl (C=O) groups excluding carboxylic acids is 1. The Hall–Kier alpha value is -0.870. The zero-order valence-electron chi connectivity index (χ0n) is 8.82. The third kappa shape index (κ3) is 2.82. The molecule has 1 amide bonds. The van der Waals surface area contributed by atoms with E-state index in [1.165, 1.54) is 5.57 Å². The van der Waals surface area contributed by atoms with Crippen molar-refractivity contribution in [2.45, 2.75) is 19.4 Å². The topological polar surface area (TPSA) is 55.6 Å². The number of ether oxygens (including phenoxy) is 1. The molecular formula is C10H18N2O2. The number of nitrogens with zero attached hydrogens (tertiary/aromatic N) is 1. The summed E-state index contributed by atoms with van der Waals surface area (Å²) in [5.41, 5.74) is 6.79.